The molecule has 1 heterocycles. The number of hydrogen-bond donors (Lipinski definition) is 0. The van der Waals surface area contributed by atoms with E-state index in [0.717, 1.165) is 27.8 Å². The predicted octanol–water partition coefficient (Wildman–Crippen LogP) is 4.12. The van der Waals surface area contributed by atoms with Gasteiger partial charge in [0.05, 0.1) is 5.52 Å². The van der Waals surface area contributed by atoms with Gasteiger partial charge in [-0.15, -0.1) is 0 Å². The average molecular weight is 249 g/mol. The lowest BCUT2D eigenvalue weighted by atomic mass is 10.1. The minimum absolute atomic E-state index is 0.563. The first kappa shape index (κ1) is 11.7. The summed E-state index contributed by atoms with van der Waals surface area (Å²) in [5.41, 5.74) is 3.32. The monoisotopic (exact) mass is 249 g/mol. The van der Waals surface area contributed by atoms with Gasteiger partial charge in [-0.05, 0) is 30.7 Å². The smallest absolute Gasteiger partial charge is 0.122 e. The summed E-state index contributed by atoms with van der Waals surface area (Å²) >= 11 is 0. The average Bonchev–Trinajstić information content (AvgIpc) is 2.46. The van der Waals surface area contributed by atoms with Crippen molar-refractivity contribution in [3.63, 3.8) is 0 Å². The molecule has 94 valence electrons. The van der Waals surface area contributed by atoms with Gasteiger partial charge in [-0.2, -0.15) is 0 Å². The van der Waals surface area contributed by atoms with Gasteiger partial charge in [-0.3, -0.25) is 4.98 Å². The first-order chi connectivity index (χ1) is 9.34. The Kier molecular flexibility index (Phi) is 3.15. The van der Waals surface area contributed by atoms with Crippen molar-refractivity contribution in [3.8, 4) is 5.75 Å². The quantitative estimate of drug-likeness (QED) is 0.696. The molecule has 0 spiro atoms. The molecule has 3 rings (SSSR count). The van der Waals surface area contributed by atoms with Crippen LogP contribution >= 0.6 is 0 Å². The molecule has 0 saturated heterocycles. The van der Waals surface area contributed by atoms with Crippen molar-refractivity contribution in [1.82, 2.24) is 4.98 Å². The van der Waals surface area contributed by atoms with Crippen LogP contribution in [0.2, 0.25) is 0 Å². The number of aromatic nitrogens is 1. The minimum atomic E-state index is 0.563. The van der Waals surface area contributed by atoms with E-state index in [0.29, 0.717) is 6.61 Å². The van der Waals surface area contributed by atoms with Crippen molar-refractivity contribution in [2.75, 3.05) is 0 Å². The third-order valence-electron chi connectivity index (χ3n) is 3.22. The van der Waals surface area contributed by atoms with Crippen molar-refractivity contribution in [1.29, 1.82) is 0 Å². The highest BCUT2D eigenvalue weighted by atomic mass is 16.5. The molecule has 0 fully saturated rings. The number of ether oxygens (including phenoxy) is 1. The van der Waals surface area contributed by atoms with Crippen LogP contribution in [0.5, 0.6) is 5.75 Å². The number of aryl methyl sites for hydroxylation is 1. The maximum Gasteiger partial charge on any atom is 0.122 e. The molecule has 0 atom stereocenters. The molecular formula is C17H15NO. The Hall–Kier alpha value is -2.35. The Balaban J connectivity index is 1.88. The Labute approximate surface area is 112 Å². The molecule has 2 aromatic carbocycles. The molecule has 0 saturated carbocycles. The van der Waals surface area contributed by atoms with E-state index in [9.17, 15) is 0 Å². The fourth-order valence-corrected chi connectivity index (χ4v) is 2.15. The van der Waals surface area contributed by atoms with Crippen LogP contribution < -0.4 is 4.74 Å². The summed E-state index contributed by atoms with van der Waals surface area (Å²) in [6, 6.07) is 18.2. The number of benzene rings is 2. The van der Waals surface area contributed by atoms with Crippen LogP contribution in [0.3, 0.4) is 0 Å². The van der Waals surface area contributed by atoms with E-state index in [-0.39, 0.29) is 0 Å². The zero-order chi connectivity index (χ0) is 13.1. The largest absolute Gasteiger partial charge is 0.489 e. The van der Waals surface area contributed by atoms with Crippen LogP contribution in [-0.2, 0) is 6.61 Å². The van der Waals surface area contributed by atoms with Gasteiger partial charge in [0, 0.05) is 17.1 Å². The molecule has 0 radical (unpaired) electrons. The molecule has 0 amide bonds. The van der Waals surface area contributed by atoms with Crippen molar-refractivity contribution < 1.29 is 4.74 Å². The van der Waals surface area contributed by atoms with Crippen molar-refractivity contribution in [3.05, 3.63) is 71.9 Å². The maximum absolute atomic E-state index is 5.90. The first-order valence-electron chi connectivity index (χ1n) is 6.35. The Morgan fingerprint density at radius 3 is 2.63 bits per heavy atom. The van der Waals surface area contributed by atoms with Gasteiger partial charge in [0.15, 0.2) is 0 Å². The van der Waals surface area contributed by atoms with Crippen LogP contribution in [0.15, 0.2) is 60.8 Å². The standard InChI is InChI=1S/C17H15NO/c1-13-6-2-5-9-17(13)19-12-14-10-11-18-16-8-4-3-7-15(14)16/h2-11H,12H2,1H3. The molecule has 0 aliphatic heterocycles. The summed E-state index contributed by atoms with van der Waals surface area (Å²) in [5.74, 6) is 0.934. The molecule has 0 N–H and O–H groups in total. The van der Waals surface area contributed by atoms with Crippen LogP contribution in [-0.4, -0.2) is 4.98 Å². The van der Waals surface area contributed by atoms with Crippen molar-refractivity contribution >= 4 is 10.9 Å². The molecule has 0 aliphatic carbocycles. The Morgan fingerprint density at radius 1 is 0.947 bits per heavy atom. The molecule has 2 heteroatoms. The topological polar surface area (TPSA) is 22.1 Å². The second-order valence-corrected chi connectivity index (χ2v) is 4.54. The lowest BCUT2D eigenvalue weighted by molar-refractivity contribution is 0.305. The number of pyridine rings is 1. The van der Waals surface area contributed by atoms with E-state index >= 15 is 0 Å². The molecule has 19 heavy (non-hydrogen) atoms. The van der Waals surface area contributed by atoms with Gasteiger partial charge in [0.25, 0.3) is 0 Å². The summed E-state index contributed by atoms with van der Waals surface area (Å²) in [6.45, 7) is 2.62. The summed E-state index contributed by atoms with van der Waals surface area (Å²) in [4.78, 5) is 4.36. The second-order valence-electron chi connectivity index (χ2n) is 4.54. The van der Waals surface area contributed by atoms with Crippen LogP contribution in [0.4, 0.5) is 0 Å². The first-order valence-corrected chi connectivity index (χ1v) is 6.35. The third-order valence-corrected chi connectivity index (χ3v) is 3.22. The van der Waals surface area contributed by atoms with E-state index in [2.05, 4.69) is 24.0 Å². The zero-order valence-electron chi connectivity index (χ0n) is 10.8. The molecule has 0 unspecified atom stereocenters. The van der Waals surface area contributed by atoms with E-state index < -0.39 is 0 Å². The van der Waals surface area contributed by atoms with Gasteiger partial charge >= 0.3 is 0 Å². The van der Waals surface area contributed by atoms with Gasteiger partial charge < -0.3 is 4.74 Å². The minimum Gasteiger partial charge on any atom is -0.489 e. The van der Waals surface area contributed by atoms with Crippen LogP contribution in [0.25, 0.3) is 10.9 Å². The van der Waals surface area contributed by atoms with Crippen LogP contribution in [0.1, 0.15) is 11.1 Å². The third kappa shape index (κ3) is 2.43. The molecule has 1 aromatic heterocycles. The van der Waals surface area contributed by atoms with Gasteiger partial charge in [-0.1, -0.05) is 36.4 Å². The number of rotatable bonds is 3. The number of para-hydroxylation sites is 2. The van der Waals surface area contributed by atoms with Gasteiger partial charge in [0.1, 0.15) is 12.4 Å². The molecule has 0 bridgehead atoms. The van der Waals surface area contributed by atoms with E-state index in [4.69, 9.17) is 4.74 Å². The summed E-state index contributed by atoms with van der Waals surface area (Å²) in [5, 5.41) is 1.15. The number of nitrogens with zero attached hydrogens (tertiary/aromatic N) is 1. The maximum atomic E-state index is 5.90. The summed E-state index contributed by atoms with van der Waals surface area (Å²) in [6.07, 6.45) is 1.83. The molecule has 3 aromatic rings. The second kappa shape index (κ2) is 5.11. The van der Waals surface area contributed by atoms with Crippen molar-refractivity contribution in [2.24, 2.45) is 0 Å². The number of hydrogen-bond acceptors (Lipinski definition) is 2. The highest BCUT2D eigenvalue weighted by Crippen LogP contribution is 2.21. The van der Waals surface area contributed by atoms with E-state index in [1.54, 1.807) is 0 Å². The van der Waals surface area contributed by atoms with E-state index in [1.165, 1.54) is 0 Å². The number of fused-ring (bicyclic) bond motifs is 1. The molecule has 0 aliphatic rings. The highest BCUT2D eigenvalue weighted by Gasteiger charge is 2.03. The summed E-state index contributed by atoms with van der Waals surface area (Å²) in [7, 11) is 0. The zero-order valence-corrected chi connectivity index (χ0v) is 10.8. The van der Waals surface area contributed by atoms with E-state index in [1.807, 2.05) is 48.7 Å². The lowest BCUT2D eigenvalue weighted by Gasteiger charge is -2.10. The highest BCUT2D eigenvalue weighted by molar-refractivity contribution is 5.81. The summed E-state index contributed by atoms with van der Waals surface area (Å²) < 4.78 is 5.90. The van der Waals surface area contributed by atoms with Crippen LogP contribution in [0, 0.1) is 6.92 Å². The Bertz CT molecular complexity index is 701. The fraction of sp³-hybridized carbons (Fsp3) is 0.118. The molecular weight excluding hydrogens is 234 g/mol. The van der Waals surface area contributed by atoms with Crippen molar-refractivity contribution in [2.45, 2.75) is 13.5 Å². The van der Waals surface area contributed by atoms with Gasteiger partial charge in [0.2, 0.25) is 0 Å². The SMILES string of the molecule is Cc1ccccc1OCc1ccnc2ccccc12. The lowest BCUT2D eigenvalue weighted by Crippen LogP contribution is -1.98. The fourth-order valence-electron chi connectivity index (χ4n) is 2.15. The Morgan fingerprint density at radius 2 is 1.74 bits per heavy atom. The normalized spacial score (nSPS) is 10.6. The predicted molar refractivity (Wildman–Crippen MR) is 77.3 cm³/mol. The van der Waals surface area contributed by atoms with Gasteiger partial charge in [-0.25, -0.2) is 0 Å². The molecule has 2 nitrogen and oxygen atoms in total.